The van der Waals surface area contributed by atoms with Crippen LogP contribution in [0.25, 0.3) is 0 Å². The number of rotatable bonds is 6. The molecule has 0 amide bonds. The summed E-state index contributed by atoms with van der Waals surface area (Å²) >= 11 is 6.11. The molecule has 1 atom stereocenters. The Labute approximate surface area is 144 Å². The molecule has 4 nitrogen and oxygen atoms in total. The summed E-state index contributed by atoms with van der Waals surface area (Å²) in [5, 5.41) is 17.1. The fraction of sp³-hybridized carbons (Fsp3) is 0.167. The van der Waals surface area contributed by atoms with E-state index in [0.717, 1.165) is 16.8 Å². The first-order chi connectivity index (χ1) is 11.7. The molecule has 3 rings (SSSR count). The first kappa shape index (κ1) is 16.5. The highest BCUT2D eigenvalue weighted by atomic mass is 35.5. The lowest BCUT2D eigenvalue weighted by atomic mass is 9.98. The van der Waals surface area contributed by atoms with Gasteiger partial charge in [0.1, 0.15) is 5.82 Å². The molecule has 6 heteroatoms. The zero-order valence-electron chi connectivity index (χ0n) is 12.9. The highest BCUT2D eigenvalue weighted by Crippen LogP contribution is 2.28. The van der Waals surface area contributed by atoms with Crippen LogP contribution >= 0.6 is 11.6 Å². The van der Waals surface area contributed by atoms with Crippen molar-refractivity contribution in [3.05, 3.63) is 82.9 Å². The molecule has 0 fully saturated rings. The molecule has 0 saturated carbocycles. The van der Waals surface area contributed by atoms with Crippen molar-refractivity contribution in [1.82, 2.24) is 9.78 Å². The molecule has 1 aromatic heterocycles. The molecule has 124 valence electrons. The third kappa shape index (κ3) is 3.93. The topological polar surface area (TPSA) is 50.1 Å². The highest BCUT2D eigenvalue weighted by Gasteiger charge is 2.16. The average molecular weight is 346 g/mol. The van der Waals surface area contributed by atoms with E-state index in [-0.39, 0.29) is 18.5 Å². The SMILES string of the molecule is OCCn1cc(NC(c2cccc(F)c2)c2cccc(Cl)c2)cn1. The Hall–Kier alpha value is -2.37. The van der Waals surface area contributed by atoms with Gasteiger partial charge in [-0.15, -0.1) is 0 Å². The van der Waals surface area contributed by atoms with Gasteiger partial charge in [0.25, 0.3) is 0 Å². The number of aromatic nitrogens is 2. The van der Waals surface area contributed by atoms with Gasteiger partial charge in [-0.1, -0.05) is 35.9 Å². The van der Waals surface area contributed by atoms with E-state index in [1.807, 2.05) is 24.3 Å². The summed E-state index contributed by atoms with van der Waals surface area (Å²) < 4.78 is 15.3. The van der Waals surface area contributed by atoms with E-state index in [2.05, 4.69) is 10.4 Å². The number of aliphatic hydroxyl groups excluding tert-OH is 1. The normalized spacial score (nSPS) is 12.1. The summed E-state index contributed by atoms with van der Waals surface area (Å²) in [4.78, 5) is 0. The van der Waals surface area contributed by atoms with Crippen LogP contribution in [0, 0.1) is 5.82 Å². The van der Waals surface area contributed by atoms with Crippen molar-refractivity contribution in [2.24, 2.45) is 0 Å². The molecule has 1 unspecified atom stereocenters. The molecule has 24 heavy (non-hydrogen) atoms. The maximum atomic E-state index is 13.7. The maximum absolute atomic E-state index is 13.7. The molecule has 1 heterocycles. The molecule has 2 aromatic carbocycles. The molecule has 2 N–H and O–H groups in total. The van der Waals surface area contributed by atoms with E-state index in [4.69, 9.17) is 16.7 Å². The quantitative estimate of drug-likeness (QED) is 0.713. The minimum absolute atomic E-state index is 0.0166. The van der Waals surface area contributed by atoms with E-state index in [1.54, 1.807) is 29.2 Å². The van der Waals surface area contributed by atoms with Crippen LogP contribution in [0.3, 0.4) is 0 Å². The third-order valence-electron chi connectivity index (χ3n) is 3.64. The van der Waals surface area contributed by atoms with Crippen LogP contribution in [0.4, 0.5) is 10.1 Å². The van der Waals surface area contributed by atoms with Crippen molar-refractivity contribution >= 4 is 17.3 Å². The Bertz CT molecular complexity index is 776. The lowest BCUT2D eigenvalue weighted by Crippen LogP contribution is -2.12. The van der Waals surface area contributed by atoms with Crippen LogP contribution in [-0.2, 0) is 6.54 Å². The van der Waals surface area contributed by atoms with E-state index < -0.39 is 0 Å². The first-order valence-corrected chi connectivity index (χ1v) is 7.94. The van der Waals surface area contributed by atoms with Crippen LogP contribution in [-0.4, -0.2) is 21.5 Å². The zero-order chi connectivity index (χ0) is 16.9. The Morgan fingerprint density at radius 2 is 1.92 bits per heavy atom. The van der Waals surface area contributed by atoms with Gasteiger partial charge in [-0.25, -0.2) is 4.39 Å². The second-order valence-corrected chi connectivity index (χ2v) is 5.84. The van der Waals surface area contributed by atoms with Gasteiger partial charge in [0.2, 0.25) is 0 Å². The minimum Gasteiger partial charge on any atom is -0.394 e. The number of aliphatic hydroxyl groups is 1. The van der Waals surface area contributed by atoms with Crippen molar-refractivity contribution in [3.8, 4) is 0 Å². The number of benzene rings is 2. The van der Waals surface area contributed by atoms with Crippen LogP contribution in [0.15, 0.2) is 60.9 Å². The van der Waals surface area contributed by atoms with Gasteiger partial charge in [-0.05, 0) is 35.4 Å². The number of nitrogens with zero attached hydrogens (tertiary/aromatic N) is 2. The minimum atomic E-state index is -0.294. The van der Waals surface area contributed by atoms with Crippen LogP contribution < -0.4 is 5.32 Å². The van der Waals surface area contributed by atoms with Crippen LogP contribution in [0.2, 0.25) is 5.02 Å². The number of halogens is 2. The number of anilines is 1. The van der Waals surface area contributed by atoms with Crippen LogP contribution in [0.1, 0.15) is 17.2 Å². The predicted molar refractivity (Wildman–Crippen MR) is 92.6 cm³/mol. The average Bonchev–Trinajstić information content (AvgIpc) is 3.00. The second-order valence-electron chi connectivity index (χ2n) is 5.40. The summed E-state index contributed by atoms with van der Waals surface area (Å²) in [5.74, 6) is -0.294. The molecule has 0 spiro atoms. The van der Waals surface area contributed by atoms with Crippen molar-refractivity contribution in [2.75, 3.05) is 11.9 Å². The van der Waals surface area contributed by atoms with E-state index >= 15 is 0 Å². The maximum Gasteiger partial charge on any atom is 0.123 e. The van der Waals surface area contributed by atoms with E-state index in [1.165, 1.54) is 12.1 Å². The largest absolute Gasteiger partial charge is 0.394 e. The predicted octanol–water partition coefficient (Wildman–Crippen LogP) is 3.87. The Morgan fingerprint density at radius 1 is 1.17 bits per heavy atom. The molecular weight excluding hydrogens is 329 g/mol. The van der Waals surface area contributed by atoms with Crippen LogP contribution in [0.5, 0.6) is 0 Å². The van der Waals surface area contributed by atoms with Gasteiger partial charge < -0.3 is 10.4 Å². The smallest absolute Gasteiger partial charge is 0.123 e. The summed E-state index contributed by atoms with van der Waals surface area (Å²) in [6, 6.07) is 13.6. The summed E-state index contributed by atoms with van der Waals surface area (Å²) in [7, 11) is 0. The first-order valence-electron chi connectivity index (χ1n) is 7.56. The molecule has 0 aliphatic rings. The monoisotopic (exact) mass is 345 g/mol. The van der Waals surface area contributed by atoms with Crippen molar-refractivity contribution in [3.63, 3.8) is 0 Å². The third-order valence-corrected chi connectivity index (χ3v) is 3.87. The molecular formula is C18H17ClFN3O. The van der Waals surface area contributed by atoms with E-state index in [0.29, 0.717) is 11.6 Å². The summed E-state index contributed by atoms with van der Waals surface area (Å²) in [6.07, 6.45) is 3.47. The zero-order valence-corrected chi connectivity index (χ0v) is 13.6. The molecule has 0 bridgehead atoms. The number of nitrogens with one attached hydrogen (secondary N) is 1. The van der Waals surface area contributed by atoms with Gasteiger partial charge in [0.05, 0.1) is 31.1 Å². The number of hydrogen-bond donors (Lipinski definition) is 2. The Kier molecular flexibility index (Phi) is 5.13. The lowest BCUT2D eigenvalue weighted by molar-refractivity contribution is 0.269. The van der Waals surface area contributed by atoms with Gasteiger partial charge in [-0.3, -0.25) is 4.68 Å². The highest BCUT2D eigenvalue weighted by molar-refractivity contribution is 6.30. The number of hydrogen-bond acceptors (Lipinski definition) is 3. The molecule has 0 aliphatic carbocycles. The molecule has 0 aliphatic heterocycles. The van der Waals surface area contributed by atoms with Crippen molar-refractivity contribution in [1.29, 1.82) is 0 Å². The lowest BCUT2D eigenvalue weighted by Gasteiger charge is -2.20. The molecule has 3 aromatic rings. The molecule has 0 radical (unpaired) electrons. The standard InChI is InChI=1S/C18H17ClFN3O/c19-15-5-1-3-13(9-15)18(14-4-2-6-16(20)10-14)22-17-11-21-23(12-17)7-8-24/h1-6,9-12,18,22,24H,7-8H2. The second kappa shape index (κ2) is 7.47. The summed E-state index contributed by atoms with van der Waals surface area (Å²) in [5.41, 5.74) is 2.48. The fourth-order valence-corrected chi connectivity index (χ4v) is 2.76. The van der Waals surface area contributed by atoms with Gasteiger partial charge in [0, 0.05) is 11.2 Å². The van der Waals surface area contributed by atoms with Gasteiger partial charge in [0.15, 0.2) is 0 Å². The Balaban J connectivity index is 1.95. The van der Waals surface area contributed by atoms with Gasteiger partial charge >= 0.3 is 0 Å². The van der Waals surface area contributed by atoms with Crippen molar-refractivity contribution in [2.45, 2.75) is 12.6 Å². The van der Waals surface area contributed by atoms with E-state index in [9.17, 15) is 4.39 Å². The van der Waals surface area contributed by atoms with Gasteiger partial charge in [-0.2, -0.15) is 5.10 Å². The fourth-order valence-electron chi connectivity index (χ4n) is 2.56. The van der Waals surface area contributed by atoms with Crippen molar-refractivity contribution < 1.29 is 9.50 Å². The molecule has 0 saturated heterocycles. The summed E-state index contributed by atoms with van der Waals surface area (Å²) in [6.45, 7) is 0.437. The Morgan fingerprint density at radius 3 is 2.62 bits per heavy atom.